The van der Waals surface area contributed by atoms with Crippen LogP contribution in [0.5, 0.6) is 0 Å². The Hall–Kier alpha value is -0.860. The van der Waals surface area contributed by atoms with Crippen molar-refractivity contribution in [2.45, 2.75) is 25.3 Å². The van der Waals surface area contributed by atoms with Gasteiger partial charge in [-0.1, -0.05) is 30.3 Å². The van der Waals surface area contributed by atoms with Crippen molar-refractivity contribution in [3.8, 4) is 0 Å². The van der Waals surface area contributed by atoms with Gasteiger partial charge in [-0.2, -0.15) is 0 Å². The predicted molar refractivity (Wildman–Crippen MR) is 71.1 cm³/mol. The molecule has 1 N–H and O–H groups in total. The monoisotopic (exact) mass is 230 g/mol. The standard InChI is InChI=1S/C15H22N2/c1-2-5-13(6-3-1)8-10-17-11-14-7-4-9-16-15(14)12-17/h1-3,5-6,14-16H,4,7-12H2. The van der Waals surface area contributed by atoms with Crippen molar-refractivity contribution in [1.29, 1.82) is 0 Å². The average Bonchev–Trinajstić information content (AvgIpc) is 2.80. The Kier molecular flexibility index (Phi) is 3.44. The molecule has 2 unspecified atom stereocenters. The molecule has 2 heteroatoms. The Morgan fingerprint density at radius 1 is 1.18 bits per heavy atom. The summed E-state index contributed by atoms with van der Waals surface area (Å²) >= 11 is 0. The summed E-state index contributed by atoms with van der Waals surface area (Å²) < 4.78 is 0. The molecule has 2 atom stereocenters. The summed E-state index contributed by atoms with van der Waals surface area (Å²) in [5, 5.41) is 3.67. The molecule has 2 aliphatic rings. The lowest BCUT2D eigenvalue weighted by molar-refractivity contribution is 0.322. The third-order valence-electron chi connectivity index (χ3n) is 4.23. The van der Waals surface area contributed by atoms with Gasteiger partial charge in [0.2, 0.25) is 0 Å². The van der Waals surface area contributed by atoms with Gasteiger partial charge in [0.25, 0.3) is 0 Å². The number of nitrogens with one attached hydrogen (secondary N) is 1. The van der Waals surface area contributed by atoms with Crippen LogP contribution in [0.4, 0.5) is 0 Å². The van der Waals surface area contributed by atoms with E-state index in [1.165, 1.54) is 51.0 Å². The summed E-state index contributed by atoms with van der Waals surface area (Å²) in [5.74, 6) is 0.916. The second-order valence-electron chi connectivity index (χ2n) is 5.46. The summed E-state index contributed by atoms with van der Waals surface area (Å²) in [6.45, 7) is 5.02. The molecule has 2 saturated heterocycles. The molecule has 92 valence electrons. The molecule has 2 fully saturated rings. The minimum absolute atomic E-state index is 0.777. The van der Waals surface area contributed by atoms with Crippen LogP contribution in [0.3, 0.4) is 0 Å². The Morgan fingerprint density at radius 2 is 2.06 bits per heavy atom. The number of hydrogen-bond acceptors (Lipinski definition) is 2. The lowest BCUT2D eigenvalue weighted by atomic mass is 9.94. The van der Waals surface area contributed by atoms with Crippen molar-refractivity contribution in [2.75, 3.05) is 26.2 Å². The Bertz CT molecular complexity index is 335. The van der Waals surface area contributed by atoms with Crippen LogP contribution < -0.4 is 5.32 Å². The molecule has 3 rings (SSSR count). The van der Waals surface area contributed by atoms with Crippen molar-refractivity contribution in [3.63, 3.8) is 0 Å². The van der Waals surface area contributed by atoms with E-state index in [0.29, 0.717) is 0 Å². The van der Waals surface area contributed by atoms with E-state index in [1.54, 1.807) is 0 Å². The van der Waals surface area contributed by atoms with Crippen molar-refractivity contribution < 1.29 is 0 Å². The van der Waals surface area contributed by atoms with Gasteiger partial charge in [-0.15, -0.1) is 0 Å². The maximum absolute atomic E-state index is 3.67. The molecule has 2 aliphatic heterocycles. The van der Waals surface area contributed by atoms with Crippen LogP contribution in [0.1, 0.15) is 18.4 Å². The first-order chi connectivity index (χ1) is 8.42. The molecule has 2 nitrogen and oxygen atoms in total. The topological polar surface area (TPSA) is 15.3 Å². The number of piperidine rings is 1. The molecule has 0 aliphatic carbocycles. The van der Waals surface area contributed by atoms with E-state index in [2.05, 4.69) is 40.5 Å². The van der Waals surface area contributed by atoms with E-state index in [1.807, 2.05) is 0 Å². The van der Waals surface area contributed by atoms with Gasteiger partial charge in [-0.05, 0) is 37.3 Å². The number of fused-ring (bicyclic) bond motifs is 1. The highest BCUT2D eigenvalue weighted by atomic mass is 15.2. The van der Waals surface area contributed by atoms with Crippen molar-refractivity contribution >= 4 is 0 Å². The molecule has 0 bridgehead atoms. The first-order valence-corrected chi connectivity index (χ1v) is 6.91. The molecular weight excluding hydrogens is 208 g/mol. The van der Waals surface area contributed by atoms with Gasteiger partial charge in [0.05, 0.1) is 0 Å². The van der Waals surface area contributed by atoms with Gasteiger partial charge in [0.15, 0.2) is 0 Å². The van der Waals surface area contributed by atoms with Crippen LogP contribution in [0.15, 0.2) is 30.3 Å². The molecule has 0 amide bonds. The second-order valence-corrected chi connectivity index (χ2v) is 5.46. The Morgan fingerprint density at radius 3 is 2.88 bits per heavy atom. The van der Waals surface area contributed by atoms with E-state index in [9.17, 15) is 0 Å². The summed E-state index contributed by atoms with van der Waals surface area (Å²) in [4.78, 5) is 2.64. The quantitative estimate of drug-likeness (QED) is 0.853. The van der Waals surface area contributed by atoms with Gasteiger partial charge in [-0.25, -0.2) is 0 Å². The Labute approximate surface area is 104 Å². The van der Waals surface area contributed by atoms with E-state index in [-0.39, 0.29) is 0 Å². The number of hydrogen-bond donors (Lipinski definition) is 1. The normalized spacial score (nSPS) is 29.2. The maximum atomic E-state index is 3.67. The largest absolute Gasteiger partial charge is 0.312 e. The Balaban J connectivity index is 1.50. The van der Waals surface area contributed by atoms with Gasteiger partial charge >= 0.3 is 0 Å². The molecule has 1 aromatic carbocycles. The van der Waals surface area contributed by atoms with Crippen molar-refractivity contribution in [3.05, 3.63) is 35.9 Å². The zero-order valence-electron chi connectivity index (χ0n) is 10.4. The summed E-state index contributed by atoms with van der Waals surface area (Å²) in [5.41, 5.74) is 1.47. The minimum atomic E-state index is 0.777. The average molecular weight is 230 g/mol. The van der Waals surface area contributed by atoms with E-state index in [0.717, 1.165) is 12.0 Å². The highest BCUT2D eigenvalue weighted by molar-refractivity contribution is 5.15. The SMILES string of the molecule is c1ccc(CCN2CC3CCCNC3C2)cc1. The van der Waals surface area contributed by atoms with Gasteiger partial charge in [-0.3, -0.25) is 0 Å². The molecular formula is C15H22N2. The second kappa shape index (κ2) is 5.19. The van der Waals surface area contributed by atoms with Crippen LogP contribution in [-0.2, 0) is 6.42 Å². The minimum Gasteiger partial charge on any atom is -0.312 e. The smallest absolute Gasteiger partial charge is 0.0235 e. The highest BCUT2D eigenvalue weighted by Crippen LogP contribution is 2.24. The molecule has 17 heavy (non-hydrogen) atoms. The van der Waals surface area contributed by atoms with E-state index >= 15 is 0 Å². The van der Waals surface area contributed by atoms with Crippen LogP contribution in [0, 0.1) is 5.92 Å². The number of benzene rings is 1. The molecule has 0 aromatic heterocycles. The van der Waals surface area contributed by atoms with Crippen molar-refractivity contribution in [2.24, 2.45) is 5.92 Å². The molecule has 0 spiro atoms. The fourth-order valence-corrected chi connectivity index (χ4v) is 3.25. The zero-order valence-corrected chi connectivity index (χ0v) is 10.4. The van der Waals surface area contributed by atoms with Crippen LogP contribution in [0.25, 0.3) is 0 Å². The van der Waals surface area contributed by atoms with Crippen LogP contribution in [0.2, 0.25) is 0 Å². The number of nitrogens with zero attached hydrogens (tertiary/aromatic N) is 1. The number of likely N-dealkylation sites (tertiary alicyclic amines) is 1. The summed E-state index contributed by atoms with van der Waals surface area (Å²) in [6, 6.07) is 11.6. The summed E-state index contributed by atoms with van der Waals surface area (Å²) in [6.07, 6.45) is 3.99. The number of rotatable bonds is 3. The van der Waals surface area contributed by atoms with E-state index < -0.39 is 0 Å². The predicted octanol–water partition coefficient (Wildman–Crippen LogP) is 1.91. The van der Waals surface area contributed by atoms with Gasteiger partial charge in [0, 0.05) is 25.7 Å². The molecule has 0 saturated carbocycles. The first-order valence-electron chi connectivity index (χ1n) is 6.91. The summed E-state index contributed by atoms with van der Waals surface area (Å²) in [7, 11) is 0. The lowest BCUT2D eigenvalue weighted by Gasteiger charge is -2.24. The highest BCUT2D eigenvalue weighted by Gasteiger charge is 2.33. The zero-order chi connectivity index (χ0) is 11.5. The molecule has 2 heterocycles. The van der Waals surface area contributed by atoms with Crippen LogP contribution >= 0.6 is 0 Å². The maximum Gasteiger partial charge on any atom is 0.0235 e. The fourth-order valence-electron chi connectivity index (χ4n) is 3.25. The van der Waals surface area contributed by atoms with Crippen molar-refractivity contribution in [1.82, 2.24) is 10.2 Å². The fraction of sp³-hybridized carbons (Fsp3) is 0.600. The van der Waals surface area contributed by atoms with Gasteiger partial charge < -0.3 is 10.2 Å². The third kappa shape index (κ3) is 2.70. The van der Waals surface area contributed by atoms with Crippen LogP contribution in [-0.4, -0.2) is 37.1 Å². The lowest BCUT2D eigenvalue weighted by Crippen LogP contribution is -2.40. The third-order valence-corrected chi connectivity index (χ3v) is 4.23. The van der Waals surface area contributed by atoms with Gasteiger partial charge in [0.1, 0.15) is 0 Å². The first kappa shape index (κ1) is 11.2. The molecule has 0 radical (unpaired) electrons. The molecule has 1 aromatic rings. The van der Waals surface area contributed by atoms with E-state index in [4.69, 9.17) is 0 Å².